The molecule has 1 aliphatic heterocycles. The van der Waals surface area contributed by atoms with Crippen molar-refractivity contribution >= 4 is 17.1 Å². The van der Waals surface area contributed by atoms with Crippen molar-refractivity contribution in [3.8, 4) is 28.5 Å². The first-order chi connectivity index (χ1) is 15.6. The van der Waals surface area contributed by atoms with E-state index in [4.69, 9.17) is 14.2 Å². The lowest BCUT2D eigenvalue weighted by Gasteiger charge is -2.19. The Balaban J connectivity index is 1.35. The number of anilines is 1. The van der Waals surface area contributed by atoms with Crippen LogP contribution in [0.4, 0.5) is 5.69 Å². The number of benzene rings is 2. The summed E-state index contributed by atoms with van der Waals surface area (Å²) < 4.78 is 19.1. The van der Waals surface area contributed by atoms with E-state index in [0.29, 0.717) is 41.6 Å². The van der Waals surface area contributed by atoms with E-state index in [1.165, 1.54) is 9.08 Å². The summed E-state index contributed by atoms with van der Waals surface area (Å²) in [6.07, 6.45) is 3.20. The molecule has 3 heterocycles. The van der Waals surface area contributed by atoms with Crippen LogP contribution in [0, 0.1) is 0 Å². The van der Waals surface area contributed by atoms with Gasteiger partial charge in [-0.05, 0) is 42.5 Å². The monoisotopic (exact) mass is 432 g/mol. The molecule has 9 nitrogen and oxygen atoms in total. The smallest absolute Gasteiger partial charge is 0.277 e. The van der Waals surface area contributed by atoms with E-state index in [1.807, 2.05) is 24.3 Å². The summed E-state index contributed by atoms with van der Waals surface area (Å²) in [7, 11) is 1.60. The van der Waals surface area contributed by atoms with Gasteiger partial charge in [0.05, 0.1) is 12.8 Å². The topological polar surface area (TPSA) is 96.1 Å². The van der Waals surface area contributed by atoms with Crippen LogP contribution in [0.3, 0.4) is 0 Å². The van der Waals surface area contributed by atoms with E-state index < -0.39 is 0 Å². The number of carbonyl (C=O) groups excluding carboxylic acids is 1. The Morgan fingerprint density at radius 3 is 2.62 bits per heavy atom. The first kappa shape index (κ1) is 19.7. The second-order valence-corrected chi connectivity index (χ2v) is 7.23. The third kappa shape index (κ3) is 3.76. The van der Waals surface area contributed by atoms with Gasteiger partial charge in [0.15, 0.2) is 11.5 Å². The van der Waals surface area contributed by atoms with Crippen LogP contribution in [-0.4, -0.2) is 40.4 Å². The molecule has 5 rings (SSSR count). The second kappa shape index (κ2) is 8.10. The number of aromatic nitrogens is 3. The Morgan fingerprint density at radius 1 is 1.06 bits per heavy atom. The Labute approximate surface area is 182 Å². The van der Waals surface area contributed by atoms with Gasteiger partial charge in [-0.2, -0.15) is 5.10 Å². The highest BCUT2D eigenvalue weighted by molar-refractivity contribution is 5.91. The van der Waals surface area contributed by atoms with Crippen molar-refractivity contribution in [2.75, 3.05) is 25.6 Å². The summed E-state index contributed by atoms with van der Waals surface area (Å²) in [6.45, 7) is 0.829. The maximum absolute atomic E-state index is 12.9. The average molecular weight is 432 g/mol. The molecule has 4 aromatic rings. The van der Waals surface area contributed by atoms with Crippen molar-refractivity contribution in [2.45, 2.75) is 6.54 Å². The van der Waals surface area contributed by atoms with Crippen LogP contribution in [0.5, 0.6) is 17.2 Å². The molecule has 0 saturated carbocycles. The first-order valence-electron chi connectivity index (χ1n) is 10.0. The number of hydrogen-bond donors (Lipinski definition) is 1. The highest BCUT2D eigenvalue weighted by Gasteiger charge is 2.14. The van der Waals surface area contributed by atoms with Crippen molar-refractivity contribution < 1.29 is 19.0 Å². The van der Waals surface area contributed by atoms with Crippen LogP contribution in [0.15, 0.2) is 65.7 Å². The fourth-order valence-corrected chi connectivity index (χ4v) is 3.53. The number of nitrogens with one attached hydrogen (secondary N) is 1. The van der Waals surface area contributed by atoms with Crippen molar-refractivity contribution in [3.63, 3.8) is 0 Å². The largest absolute Gasteiger partial charge is 0.497 e. The predicted molar refractivity (Wildman–Crippen MR) is 118 cm³/mol. The third-order valence-electron chi connectivity index (χ3n) is 5.13. The molecule has 2 aromatic carbocycles. The molecular formula is C23H20N4O5. The number of rotatable bonds is 5. The number of hydrogen-bond acceptors (Lipinski definition) is 6. The van der Waals surface area contributed by atoms with Crippen molar-refractivity contribution in [1.29, 1.82) is 0 Å². The second-order valence-electron chi connectivity index (χ2n) is 7.23. The van der Waals surface area contributed by atoms with Gasteiger partial charge in [0.1, 0.15) is 31.0 Å². The predicted octanol–water partition coefficient (Wildman–Crippen LogP) is 2.58. The summed E-state index contributed by atoms with van der Waals surface area (Å²) in [5, 5.41) is 7.25. The molecule has 1 N–H and O–H groups in total. The molecular weight excluding hydrogens is 412 g/mol. The summed E-state index contributed by atoms with van der Waals surface area (Å²) in [6, 6.07) is 14.3. The van der Waals surface area contributed by atoms with Crippen LogP contribution in [0.2, 0.25) is 0 Å². The summed E-state index contributed by atoms with van der Waals surface area (Å²) >= 11 is 0. The molecule has 0 radical (unpaired) electrons. The SMILES string of the molecule is COc1ccc(-c2cc3c(=O)n(CC(=O)Nc4ccc5c(c4)OCCO5)ccn3n2)cc1. The lowest BCUT2D eigenvalue weighted by Crippen LogP contribution is -2.28. The van der Waals surface area contributed by atoms with Gasteiger partial charge >= 0.3 is 0 Å². The molecule has 0 saturated heterocycles. The summed E-state index contributed by atoms with van der Waals surface area (Å²) in [5.74, 6) is 1.63. The van der Waals surface area contributed by atoms with Crippen LogP contribution < -0.4 is 25.1 Å². The maximum Gasteiger partial charge on any atom is 0.277 e. The molecule has 0 fully saturated rings. The average Bonchev–Trinajstić information content (AvgIpc) is 3.26. The number of methoxy groups -OCH3 is 1. The molecule has 0 unspecified atom stereocenters. The maximum atomic E-state index is 12.9. The fraction of sp³-hybridized carbons (Fsp3) is 0.174. The van der Waals surface area contributed by atoms with Crippen LogP contribution in [-0.2, 0) is 11.3 Å². The van der Waals surface area contributed by atoms with Crippen LogP contribution in [0.25, 0.3) is 16.8 Å². The lowest BCUT2D eigenvalue weighted by atomic mass is 10.1. The van der Waals surface area contributed by atoms with Gasteiger partial charge in [0.25, 0.3) is 5.56 Å². The van der Waals surface area contributed by atoms with Crippen LogP contribution >= 0.6 is 0 Å². The van der Waals surface area contributed by atoms with E-state index in [0.717, 1.165) is 11.3 Å². The molecule has 0 bridgehead atoms. The van der Waals surface area contributed by atoms with E-state index in [2.05, 4.69) is 10.4 Å². The molecule has 0 aliphatic carbocycles. The number of fused-ring (bicyclic) bond motifs is 2. The number of nitrogens with zero attached hydrogens (tertiary/aromatic N) is 3. The number of ether oxygens (including phenoxy) is 3. The van der Waals surface area contributed by atoms with E-state index in [1.54, 1.807) is 43.8 Å². The highest BCUT2D eigenvalue weighted by atomic mass is 16.6. The minimum atomic E-state index is -0.331. The normalized spacial score (nSPS) is 12.5. The Hall–Kier alpha value is -4.27. The first-order valence-corrected chi connectivity index (χ1v) is 10.0. The summed E-state index contributed by atoms with van der Waals surface area (Å²) in [4.78, 5) is 25.5. The van der Waals surface area contributed by atoms with Gasteiger partial charge in [-0.25, -0.2) is 4.52 Å². The Bertz CT molecular complexity index is 1360. The number of amides is 1. The molecule has 9 heteroatoms. The Morgan fingerprint density at radius 2 is 1.84 bits per heavy atom. The van der Waals surface area contributed by atoms with Gasteiger partial charge in [-0.3, -0.25) is 9.59 Å². The minimum Gasteiger partial charge on any atom is -0.497 e. The molecule has 1 aliphatic rings. The van der Waals surface area contributed by atoms with Gasteiger partial charge in [-0.1, -0.05) is 0 Å². The number of carbonyl (C=O) groups is 1. The molecule has 0 spiro atoms. The third-order valence-corrected chi connectivity index (χ3v) is 5.13. The zero-order valence-electron chi connectivity index (χ0n) is 17.3. The minimum absolute atomic E-state index is 0.132. The fourth-order valence-electron chi connectivity index (χ4n) is 3.53. The van der Waals surface area contributed by atoms with Crippen molar-refractivity contribution in [2.24, 2.45) is 0 Å². The molecule has 2 aromatic heterocycles. The summed E-state index contributed by atoms with van der Waals surface area (Å²) in [5.41, 5.74) is 2.15. The molecule has 0 atom stereocenters. The molecule has 162 valence electrons. The molecule has 1 amide bonds. The van der Waals surface area contributed by atoms with Gasteiger partial charge < -0.3 is 24.1 Å². The van der Waals surface area contributed by atoms with E-state index in [-0.39, 0.29) is 18.0 Å². The van der Waals surface area contributed by atoms with Gasteiger partial charge in [0.2, 0.25) is 5.91 Å². The molecule has 32 heavy (non-hydrogen) atoms. The van der Waals surface area contributed by atoms with Gasteiger partial charge in [0, 0.05) is 29.7 Å². The van der Waals surface area contributed by atoms with Crippen molar-refractivity contribution in [3.05, 3.63) is 71.3 Å². The quantitative estimate of drug-likeness (QED) is 0.521. The zero-order valence-corrected chi connectivity index (χ0v) is 17.3. The zero-order chi connectivity index (χ0) is 22.1. The highest BCUT2D eigenvalue weighted by Crippen LogP contribution is 2.32. The van der Waals surface area contributed by atoms with E-state index >= 15 is 0 Å². The van der Waals surface area contributed by atoms with Gasteiger partial charge in [-0.15, -0.1) is 0 Å². The van der Waals surface area contributed by atoms with Crippen LogP contribution in [0.1, 0.15) is 0 Å². The standard InChI is InChI=1S/C23H20N4O5/c1-30-17-5-2-15(3-6-17)18-13-19-23(29)26(8-9-27(19)25-18)14-22(28)24-16-4-7-20-21(12-16)32-11-10-31-20/h2-9,12-13H,10-11,14H2,1H3,(H,24,28). The van der Waals surface area contributed by atoms with E-state index in [9.17, 15) is 9.59 Å². The van der Waals surface area contributed by atoms with Crippen molar-refractivity contribution in [1.82, 2.24) is 14.2 Å². The Kier molecular flexibility index (Phi) is 4.98. The lowest BCUT2D eigenvalue weighted by molar-refractivity contribution is -0.116.